The number of benzene rings is 1. The zero-order chi connectivity index (χ0) is 15.7. The van der Waals surface area contributed by atoms with Crippen LogP contribution in [0.15, 0.2) is 24.3 Å². The van der Waals surface area contributed by atoms with Gasteiger partial charge >= 0.3 is 0 Å². The lowest BCUT2D eigenvalue weighted by Gasteiger charge is -2.24. The number of hydrogen-bond donors (Lipinski definition) is 1. The second-order valence-electron chi connectivity index (χ2n) is 5.54. The Balaban J connectivity index is 2.54. The Bertz CT molecular complexity index is 379. The molecule has 0 aliphatic rings. The average molecular weight is 294 g/mol. The third-order valence-electron chi connectivity index (χ3n) is 3.32. The number of nitrogens with one attached hydrogen (secondary N) is 1. The van der Waals surface area contributed by atoms with Gasteiger partial charge in [-0.15, -0.1) is 0 Å². The minimum absolute atomic E-state index is 0.209. The second-order valence-corrected chi connectivity index (χ2v) is 5.54. The molecule has 0 heterocycles. The van der Waals surface area contributed by atoms with Gasteiger partial charge in [-0.05, 0) is 52.6 Å². The summed E-state index contributed by atoms with van der Waals surface area (Å²) in [5.74, 6) is 0.924. The predicted octanol–water partition coefficient (Wildman–Crippen LogP) is 2.70. The summed E-state index contributed by atoms with van der Waals surface area (Å²) in [7, 11) is 4.12. The molecule has 0 saturated carbocycles. The van der Waals surface area contributed by atoms with Gasteiger partial charge in [0.15, 0.2) is 0 Å². The molecule has 0 aliphatic carbocycles. The van der Waals surface area contributed by atoms with Crippen molar-refractivity contribution in [3.8, 4) is 5.75 Å². The molecule has 0 aliphatic heterocycles. The lowest BCUT2D eigenvalue weighted by molar-refractivity contribution is 0.119. The number of rotatable bonds is 10. The van der Waals surface area contributed by atoms with Crippen LogP contribution >= 0.6 is 0 Å². The van der Waals surface area contributed by atoms with E-state index in [2.05, 4.69) is 29.4 Å². The first-order chi connectivity index (χ1) is 10.1. The Hall–Kier alpha value is -1.10. The molecule has 120 valence electrons. The Labute approximate surface area is 129 Å². The molecule has 0 bridgehead atoms. The first-order valence-corrected chi connectivity index (χ1v) is 7.77. The molecule has 4 nitrogen and oxygen atoms in total. The maximum Gasteiger partial charge on any atom is 0.119 e. The molecular formula is C17H30N2O2. The highest BCUT2D eigenvalue weighted by Crippen LogP contribution is 2.19. The van der Waals surface area contributed by atoms with E-state index in [1.165, 1.54) is 5.56 Å². The van der Waals surface area contributed by atoms with E-state index in [0.29, 0.717) is 6.04 Å². The molecule has 1 unspecified atom stereocenters. The number of ether oxygens (including phenoxy) is 2. The maximum absolute atomic E-state index is 5.68. The number of nitrogens with zero attached hydrogens (tertiary/aromatic N) is 1. The Morgan fingerprint density at radius 3 is 2.38 bits per heavy atom. The topological polar surface area (TPSA) is 33.7 Å². The summed E-state index contributed by atoms with van der Waals surface area (Å²) >= 11 is 0. The van der Waals surface area contributed by atoms with Gasteiger partial charge in [-0.2, -0.15) is 0 Å². The zero-order valence-electron chi connectivity index (χ0n) is 14.1. The number of hydrogen-bond acceptors (Lipinski definition) is 4. The molecular weight excluding hydrogens is 264 g/mol. The standard InChI is InChI=1S/C17H30N2O2/c1-6-20-12-11-19(5)13-17(18-4)15-7-9-16(10-8-15)21-14(2)3/h7-10,14,17-18H,6,11-13H2,1-5H3. The molecule has 1 atom stereocenters. The van der Waals surface area contributed by atoms with Crippen LogP contribution in [0.1, 0.15) is 32.4 Å². The van der Waals surface area contributed by atoms with Crippen LogP contribution in [0.4, 0.5) is 0 Å². The van der Waals surface area contributed by atoms with Gasteiger partial charge in [0.2, 0.25) is 0 Å². The van der Waals surface area contributed by atoms with E-state index >= 15 is 0 Å². The van der Waals surface area contributed by atoms with Gasteiger partial charge in [-0.1, -0.05) is 12.1 Å². The van der Waals surface area contributed by atoms with E-state index in [9.17, 15) is 0 Å². The molecule has 21 heavy (non-hydrogen) atoms. The van der Waals surface area contributed by atoms with E-state index < -0.39 is 0 Å². The summed E-state index contributed by atoms with van der Waals surface area (Å²) in [6.07, 6.45) is 0.209. The van der Waals surface area contributed by atoms with Crippen LogP contribution in [0.3, 0.4) is 0 Å². The summed E-state index contributed by atoms with van der Waals surface area (Å²) in [4.78, 5) is 2.29. The molecule has 1 aromatic carbocycles. The van der Waals surface area contributed by atoms with E-state index in [0.717, 1.165) is 32.1 Å². The minimum atomic E-state index is 0.209. The fourth-order valence-corrected chi connectivity index (χ4v) is 2.18. The third-order valence-corrected chi connectivity index (χ3v) is 3.32. The smallest absolute Gasteiger partial charge is 0.119 e. The molecule has 0 spiro atoms. The van der Waals surface area contributed by atoms with Gasteiger partial charge in [0, 0.05) is 25.7 Å². The Morgan fingerprint density at radius 2 is 1.86 bits per heavy atom. The lowest BCUT2D eigenvalue weighted by atomic mass is 10.1. The molecule has 0 fully saturated rings. The average Bonchev–Trinajstić information content (AvgIpc) is 2.45. The largest absolute Gasteiger partial charge is 0.491 e. The summed E-state index contributed by atoms with van der Waals surface area (Å²) in [6, 6.07) is 8.66. The predicted molar refractivity (Wildman–Crippen MR) is 88.0 cm³/mol. The molecule has 0 saturated heterocycles. The third kappa shape index (κ3) is 6.93. The normalized spacial score (nSPS) is 12.9. The van der Waals surface area contributed by atoms with Crippen molar-refractivity contribution in [3.05, 3.63) is 29.8 Å². The quantitative estimate of drug-likeness (QED) is 0.673. The molecule has 1 rings (SSSR count). The van der Waals surface area contributed by atoms with E-state index in [1.54, 1.807) is 0 Å². The lowest BCUT2D eigenvalue weighted by Crippen LogP contribution is -2.33. The molecule has 0 radical (unpaired) electrons. The van der Waals surface area contributed by atoms with Crippen molar-refractivity contribution in [3.63, 3.8) is 0 Å². The van der Waals surface area contributed by atoms with E-state index in [1.807, 2.05) is 40.0 Å². The van der Waals surface area contributed by atoms with Crippen molar-refractivity contribution in [2.75, 3.05) is 40.4 Å². The van der Waals surface area contributed by atoms with Gasteiger partial charge in [0.25, 0.3) is 0 Å². The highest BCUT2D eigenvalue weighted by Gasteiger charge is 2.12. The summed E-state index contributed by atoms with van der Waals surface area (Å²) in [5.41, 5.74) is 1.27. The SMILES string of the molecule is CCOCCN(C)CC(NC)c1ccc(OC(C)C)cc1. The van der Waals surface area contributed by atoms with Crippen LogP contribution in [-0.2, 0) is 4.74 Å². The van der Waals surface area contributed by atoms with Crippen LogP contribution in [0.2, 0.25) is 0 Å². The summed E-state index contributed by atoms with van der Waals surface area (Å²) in [5, 5.41) is 3.38. The van der Waals surface area contributed by atoms with Crippen LogP contribution < -0.4 is 10.1 Å². The van der Waals surface area contributed by atoms with Crippen molar-refractivity contribution in [2.45, 2.75) is 32.9 Å². The van der Waals surface area contributed by atoms with Crippen molar-refractivity contribution in [1.29, 1.82) is 0 Å². The molecule has 1 N–H and O–H groups in total. The highest BCUT2D eigenvalue weighted by atomic mass is 16.5. The van der Waals surface area contributed by atoms with Gasteiger partial charge in [-0.25, -0.2) is 0 Å². The number of likely N-dealkylation sites (N-methyl/N-ethyl adjacent to an activating group) is 2. The molecule has 1 aromatic rings. The molecule has 0 amide bonds. The Kier molecular flexibility index (Phi) is 8.35. The van der Waals surface area contributed by atoms with Crippen LogP contribution in [0.5, 0.6) is 5.75 Å². The maximum atomic E-state index is 5.68. The van der Waals surface area contributed by atoms with Crippen molar-refractivity contribution >= 4 is 0 Å². The highest BCUT2D eigenvalue weighted by molar-refractivity contribution is 5.29. The van der Waals surface area contributed by atoms with Gasteiger partial charge in [0.05, 0.1) is 12.7 Å². The van der Waals surface area contributed by atoms with Crippen LogP contribution in [0.25, 0.3) is 0 Å². The zero-order valence-corrected chi connectivity index (χ0v) is 14.1. The Morgan fingerprint density at radius 1 is 1.19 bits per heavy atom. The first-order valence-electron chi connectivity index (χ1n) is 7.77. The molecule has 4 heteroatoms. The monoisotopic (exact) mass is 294 g/mol. The van der Waals surface area contributed by atoms with E-state index in [4.69, 9.17) is 9.47 Å². The second kappa shape index (κ2) is 9.77. The first kappa shape index (κ1) is 18.0. The van der Waals surface area contributed by atoms with Gasteiger partial charge in [-0.3, -0.25) is 0 Å². The molecule has 0 aromatic heterocycles. The van der Waals surface area contributed by atoms with Crippen LogP contribution in [0, 0.1) is 0 Å². The van der Waals surface area contributed by atoms with Gasteiger partial charge < -0.3 is 19.7 Å². The van der Waals surface area contributed by atoms with Crippen molar-refractivity contribution < 1.29 is 9.47 Å². The minimum Gasteiger partial charge on any atom is -0.491 e. The fraction of sp³-hybridized carbons (Fsp3) is 0.647. The summed E-state index contributed by atoms with van der Waals surface area (Å²) in [6.45, 7) is 9.56. The van der Waals surface area contributed by atoms with Crippen molar-refractivity contribution in [1.82, 2.24) is 10.2 Å². The van der Waals surface area contributed by atoms with E-state index in [-0.39, 0.29) is 6.10 Å². The van der Waals surface area contributed by atoms with Crippen LogP contribution in [-0.4, -0.2) is 51.4 Å². The van der Waals surface area contributed by atoms with Gasteiger partial charge in [0.1, 0.15) is 5.75 Å². The van der Waals surface area contributed by atoms with Crippen molar-refractivity contribution in [2.24, 2.45) is 0 Å². The summed E-state index contributed by atoms with van der Waals surface area (Å²) < 4.78 is 11.1. The fourth-order valence-electron chi connectivity index (χ4n) is 2.18.